The zero-order valence-electron chi connectivity index (χ0n) is 17.7. The second-order valence-corrected chi connectivity index (χ2v) is 7.38. The largest absolute Gasteiger partial charge is 0.491 e. The molecule has 32 heavy (non-hydrogen) atoms. The Morgan fingerprint density at radius 3 is 2.50 bits per heavy atom. The van der Waals surface area contributed by atoms with Crippen molar-refractivity contribution < 1.29 is 32.2 Å². The van der Waals surface area contributed by atoms with E-state index in [1.165, 1.54) is 23.1 Å². The number of benzene rings is 2. The first-order chi connectivity index (χ1) is 15.3. The first kappa shape index (κ1) is 23.6. The van der Waals surface area contributed by atoms with E-state index in [0.29, 0.717) is 17.9 Å². The molecule has 1 aliphatic heterocycles. The van der Waals surface area contributed by atoms with Crippen molar-refractivity contribution >= 4 is 17.5 Å². The third-order valence-electron chi connectivity index (χ3n) is 5.07. The summed E-state index contributed by atoms with van der Waals surface area (Å²) in [6.45, 7) is 2.70. The molecule has 6 nitrogen and oxygen atoms in total. The van der Waals surface area contributed by atoms with E-state index < -0.39 is 23.6 Å². The third-order valence-corrected chi connectivity index (χ3v) is 5.07. The molecular formula is C23H25F3N2O4. The summed E-state index contributed by atoms with van der Waals surface area (Å²) in [7, 11) is 0. The van der Waals surface area contributed by atoms with Crippen LogP contribution < -0.4 is 10.1 Å². The van der Waals surface area contributed by atoms with Crippen molar-refractivity contribution in [1.29, 1.82) is 0 Å². The van der Waals surface area contributed by atoms with Crippen molar-refractivity contribution in [2.24, 2.45) is 0 Å². The van der Waals surface area contributed by atoms with Crippen LogP contribution in [0.4, 0.5) is 18.9 Å². The minimum atomic E-state index is -4.60. The van der Waals surface area contributed by atoms with Gasteiger partial charge >= 0.3 is 6.18 Å². The Kier molecular flexibility index (Phi) is 7.74. The van der Waals surface area contributed by atoms with Crippen LogP contribution in [0.25, 0.3) is 0 Å². The maximum atomic E-state index is 13.1. The number of nitrogens with one attached hydrogen (secondary N) is 1. The summed E-state index contributed by atoms with van der Waals surface area (Å²) in [6.07, 6.45) is -2.55. The molecule has 1 unspecified atom stereocenters. The van der Waals surface area contributed by atoms with Crippen molar-refractivity contribution in [3.8, 4) is 5.75 Å². The summed E-state index contributed by atoms with van der Waals surface area (Å²) in [5.74, 6) is -0.521. The summed E-state index contributed by atoms with van der Waals surface area (Å²) in [5.41, 5.74) is -0.942. The summed E-state index contributed by atoms with van der Waals surface area (Å²) in [6, 6.07) is 11.2. The molecule has 0 radical (unpaired) electrons. The topological polar surface area (TPSA) is 67.9 Å². The quantitative estimate of drug-likeness (QED) is 0.649. The highest BCUT2D eigenvalue weighted by molar-refractivity contribution is 5.99. The van der Waals surface area contributed by atoms with Crippen molar-refractivity contribution in [2.45, 2.75) is 32.0 Å². The van der Waals surface area contributed by atoms with Gasteiger partial charge in [-0.05, 0) is 56.2 Å². The van der Waals surface area contributed by atoms with Gasteiger partial charge in [-0.25, -0.2) is 0 Å². The first-order valence-corrected chi connectivity index (χ1v) is 10.4. The number of para-hydroxylation sites is 1. The van der Waals surface area contributed by atoms with Gasteiger partial charge in [0.15, 0.2) is 0 Å². The van der Waals surface area contributed by atoms with Gasteiger partial charge in [0.25, 0.3) is 5.91 Å². The molecule has 1 fully saturated rings. The van der Waals surface area contributed by atoms with Crippen molar-refractivity contribution in [3.63, 3.8) is 0 Å². The molecule has 2 aromatic carbocycles. The number of hydrogen-bond donors (Lipinski definition) is 1. The minimum Gasteiger partial charge on any atom is -0.491 e. The van der Waals surface area contributed by atoms with Crippen LogP contribution >= 0.6 is 0 Å². The lowest BCUT2D eigenvalue weighted by Gasteiger charge is -2.21. The Labute approximate surface area is 184 Å². The van der Waals surface area contributed by atoms with E-state index in [1.807, 2.05) is 0 Å². The van der Waals surface area contributed by atoms with E-state index in [1.54, 1.807) is 31.2 Å². The molecule has 1 atom stereocenters. The van der Waals surface area contributed by atoms with E-state index >= 15 is 0 Å². The molecule has 0 saturated carbocycles. The second kappa shape index (κ2) is 10.5. The fourth-order valence-electron chi connectivity index (χ4n) is 3.37. The molecule has 1 heterocycles. The Balaban J connectivity index is 1.59. The third kappa shape index (κ3) is 6.23. The highest BCUT2D eigenvalue weighted by atomic mass is 19.4. The predicted molar refractivity (Wildman–Crippen MR) is 113 cm³/mol. The van der Waals surface area contributed by atoms with E-state index in [2.05, 4.69) is 5.32 Å². The molecule has 9 heteroatoms. The van der Waals surface area contributed by atoms with Crippen LogP contribution in [-0.4, -0.2) is 49.1 Å². The molecular weight excluding hydrogens is 425 g/mol. The Bertz CT molecular complexity index is 926. The number of hydrogen-bond acceptors (Lipinski definition) is 4. The number of rotatable bonds is 8. The number of likely N-dealkylation sites (N-methyl/N-ethyl adjacent to an activating group) is 1. The van der Waals surface area contributed by atoms with Gasteiger partial charge in [0, 0.05) is 18.7 Å². The average molecular weight is 450 g/mol. The molecule has 1 aliphatic rings. The number of carbonyl (C=O) groups is 2. The monoisotopic (exact) mass is 450 g/mol. The summed E-state index contributed by atoms with van der Waals surface area (Å²) < 4.78 is 50.5. The van der Waals surface area contributed by atoms with Gasteiger partial charge in [-0.1, -0.05) is 12.1 Å². The van der Waals surface area contributed by atoms with Crippen molar-refractivity contribution in [1.82, 2.24) is 4.90 Å². The molecule has 3 rings (SSSR count). The van der Waals surface area contributed by atoms with E-state index in [4.69, 9.17) is 9.47 Å². The van der Waals surface area contributed by atoms with Crippen molar-refractivity contribution in [2.75, 3.05) is 31.6 Å². The van der Waals surface area contributed by atoms with Crippen LogP contribution in [0.3, 0.4) is 0 Å². The van der Waals surface area contributed by atoms with Gasteiger partial charge in [-0.2, -0.15) is 13.2 Å². The van der Waals surface area contributed by atoms with Gasteiger partial charge in [0.2, 0.25) is 5.91 Å². The molecule has 1 N–H and O–H groups in total. The maximum absolute atomic E-state index is 13.1. The van der Waals surface area contributed by atoms with Crippen LogP contribution in [-0.2, 0) is 15.7 Å². The number of alkyl halides is 3. The SMILES string of the molecule is CCN(CC(=O)Nc1ccccc1C(F)(F)F)C(=O)c1ccc(OCC2CCCO2)cc1. The van der Waals surface area contributed by atoms with Crippen LogP contribution in [0.15, 0.2) is 48.5 Å². The molecule has 172 valence electrons. The number of ether oxygens (including phenoxy) is 2. The molecule has 1 saturated heterocycles. The van der Waals surface area contributed by atoms with Crippen LogP contribution in [0.5, 0.6) is 5.75 Å². The summed E-state index contributed by atoms with van der Waals surface area (Å²) in [4.78, 5) is 26.4. The number of halogens is 3. The maximum Gasteiger partial charge on any atom is 0.418 e. The van der Waals surface area contributed by atoms with Crippen LogP contribution in [0.1, 0.15) is 35.7 Å². The Morgan fingerprint density at radius 2 is 1.88 bits per heavy atom. The Hall–Kier alpha value is -3.07. The normalized spacial score (nSPS) is 15.9. The number of amides is 2. The summed E-state index contributed by atoms with van der Waals surface area (Å²) in [5, 5.41) is 2.26. The van der Waals surface area contributed by atoms with Gasteiger partial charge in [0.1, 0.15) is 18.9 Å². The van der Waals surface area contributed by atoms with E-state index in [9.17, 15) is 22.8 Å². The van der Waals surface area contributed by atoms with Gasteiger partial charge < -0.3 is 19.7 Å². The highest BCUT2D eigenvalue weighted by Crippen LogP contribution is 2.34. The van der Waals surface area contributed by atoms with Gasteiger partial charge in [-0.3, -0.25) is 9.59 Å². The fraction of sp³-hybridized carbons (Fsp3) is 0.391. The number of carbonyl (C=O) groups excluding carboxylic acids is 2. The lowest BCUT2D eigenvalue weighted by Crippen LogP contribution is -2.38. The van der Waals surface area contributed by atoms with Crippen LogP contribution in [0, 0.1) is 0 Å². The van der Waals surface area contributed by atoms with Crippen molar-refractivity contribution in [3.05, 3.63) is 59.7 Å². The zero-order chi connectivity index (χ0) is 23.1. The molecule has 0 aromatic heterocycles. The lowest BCUT2D eigenvalue weighted by atomic mass is 10.1. The summed E-state index contributed by atoms with van der Waals surface area (Å²) >= 11 is 0. The first-order valence-electron chi connectivity index (χ1n) is 10.4. The van der Waals surface area contributed by atoms with Crippen LogP contribution in [0.2, 0.25) is 0 Å². The number of nitrogens with zero attached hydrogens (tertiary/aromatic N) is 1. The standard InChI is InChI=1S/C23H25F3N2O4/c1-2-28(14-21(29)27-20-8-4-3-7-19(20)23(24,25)26)22(30)16-9-11-17(12-10-16)32-15-18-6-5-13-31-18/h3-4,7-12,18H,2,5-6,13-15H2,1H3,(H,27,29). The fourth-order valence-corrected chi connectivity index (χ4v) is 3.37. The smallest absolute Gasteiger partial charge is 0.418 e. The lowest BCUT2D eigenvalue weighted by molar-refractivity contribution is -0.137. The predicted octanol–water partition coefficient (Wildman–Crippen LogP) is 4.36. The molecule has 0 bridgehead atoms. The van der Waals surface area contributed by atoms with Gasteiger partial charge in [-0.15, -0.1) is 0 Å². The zero-order valence-corrected chi connectivity index (χ0v) is 17.7. The minimum absolute atomic E-state index is 0.0767. The average Bonchev–Trinajstić information content (AvgIpc) is 3.29. The van der Waals surface area contributed by atoms with Gasteiger partial charge in [0.05, 0.1) is 17.4 Å². The van der Waals surface area contributed by atoms with E-state index in [-0.39, 0.29) is 24.9 Å². The molecule has 2 aromatic rings. The second-order valence-electron chi connectivity index (χ2n) is 7.38. The molecule has 0 spiro atoms. The molecule has 2 amide bonds. The Morgan fingerprint density at radius 1 is 1.16 bits per heavy atom. The van der Waals surface area contributed by atoms with E-state index in [0.717, 1.165) is 25.5 Å². The number of anilines is 1. The molecule has 0 aliphatic carbocycles. The highest BCUT2D eigenvalue weighted by Gasteiger charge is 2.33.